The third-order valence-corrected chi connectivity index (χ3v) is 4.29. The van der Waals surface area contributed by atoms with Crippen molar-refractivity contribution in [2.75, 3.05) is 13.6 Å². The third kappa shape index (κ3) is 4.71. The topological polar surface area (TPSA) is 12.0 Å². The van der Waals surface area contributed by atoms with Gasteiger partial charge in [-0.3, -0.25) is 0 Å². The normalized spacial score (nSPS) is 10.9. The second kappa shape index (κ2) is 8.75. The summed E-state index contributed by atoms with van der Waals surface area (Å²) in [4.78, 5) is 0. The third-order valence-electron chi connectivity index (χ3n) is 4.29. The maximum absolute atomic E-state index is 3.21. The average Bonchev–Trinajstić information content (AvgIpc) is 2.54. The average molecular weight is 295 g/mol. The van der Waals surface area contributed by atoms with Crippen LogP contribution in [0.4, 0.5) is 0 Å². The molecule has 0 heterocycles. The lowest BCUT2D eigenvalue weighted by atomic mass is 9.96. The number of likely N-dealkylation sites (N-methyl/N-ethyl adjacent to an activating group) is 1. The molecule has 0 amide bonds. The fourth-order valence-corrected chi connectivity index (χ4v) is 2.90. The molecule has 0 radical (unpaired) electrons. The van der Waals surface area contributed by atoms with Crippen LogP contribution in [0.5, 0.6) is 0 Å². The zero-order valence-electron chi connectivity index (χ0n) is 14.3. The van der Waals surface area contributed by atoms with Gasteiger partial charge in [0.2, 0.25) is 0 Å². The number of rotatable bonds is 8. The molecule has 0 aliphatic carbocycles. The molecule has 22 heavy (non-hydrogen) atoms. The van der Waals surface area contributed by atoms with E-state index in [1.165, 1.54) is 53.5 Å². The molecule has 1 heteroatoms. The van der Waals surface area contributed by atoms with Gasteiger partial charge < -0.3 is 5.32 Å². The molecule has 0 bridgehead atoms. The van der Waals surface area contributed by atoms with Gasteiger partial charge in [-0.05, 0) is 67.6 Å². The summed E-state index contributed by atoms with van der Waals surface area (Å²) in [6.07, 6.45) is 6.21. The Labute approximate surface area is 135 Å². The van der Waals surface area contributed by atoms with Crippen LogP contribution in [-0.2, 0) is 12.8 Å². The van der Waals surface area contributed by atoms with Gasteiger partial charge in [-0.25, -0.2) is 0 Å². The molecule has 118 valence electrons. The van der Waals surface area contributed by atoms with Crippen molar-refractivity contribution in [1.82, 2.24) is 5.32 Å². The minimum atomic E-state index is 1.03. The molecule has 1 N–H and O–H groups in total. The van der Waals surface area contributed by atoms with Crippen molar-refractivity contribution in [3.8, 4) is 11.1 Å². The highest BCUT2D eigenvalue weighted by Gasteiger charge is 2.03. The van der Waals surface area contributed by atoms with E-state index in [1.54, 1.807) is 0 Å². The molecule has 0 unspecified atom stereocenters. The summed E-state index contributed by atoms with van der Waals surface area (Å²) in [6, 6.07) is 16.0. The van der Waals surface area contributed by atoms with Crippen LogP contribution in [0.15, 0.2) is 42.5 Å². The van der Waals surface area contributed by atoms with Gasteiger partial charge in [0.15, 0.2) is 0 Å². The summed E-state index contributed by atoms with van der Waals surface area (Å²) in [7, 11) is 2.00. The number of nitrogens with one attached hydrogen (secondary N) is 1. The Balaban J connectivity index is 2.07. The molecular weight excluding hydrogens is 266 g/mol. The molecular formula is C21H29N. The van der Waals surface area contributed by atoms with Gasteiger partial charge in [0.05, 0.1) is 0 Å². The van der Waals surface area contributed by atoms with E-state index in [4.69, 9.17) is 0 Å². The first-order valence-electron chi connectivity index (χ1n) is 8.58. The molecule has 0 atom stereocenters. The summed E-state index contributed by atoms with van der Waals surface area (Å²) in [6.45, 7) is 5.50. The van der Waals surface area contributed by atoms with Gasteiger partial charge in [0, 0.05) is 0 Å². The molecule has 2 aromatic rings. The minimum Gasteiger partial charge on any atom is -0.319 e. The van der Waals surface area contributed by atoms with E-state index in [-0.39, 0.29) is 0 Å². The van der Waals surface area contributed by atoms with Gasteiger partial charge in [-0.15, -0.1) is 0 Å². The summed E-state index contributed by atoms with van der Waals surface area (Å²) in [5.41, 5.74) is 6.92. The Hall–Kier alpha value is -1.60. The van der Waals surface area contributed by atoms with Crippen molar-refractivity contribution in [1.29, 1.82) is 0 Å². The quantitative estimate of drug-likeness (QED) is 0.664. The van der Waals surface area contributed by atoms with Crippen LogP contribution in [0.25, 0.3) is 11.1 Å². The second-order valence-corrected chi connectivity index (χ2v) is 6.16. The van der Waals surface area contributed by atoms with E-state index in [1.807, 2.05) is 7.05 Å². The molecule has 0 aliphatic heterocycles. The van der Waals surface area contributed by atoms with Crippen LogP contribution < -0.4 is 5.32 Å². The summed E-state index contributed by atoms with van der Waals surface area (Å²) >= 11 is 0. The Bertz CT molecular complexity index is 569. The first kappa shape index (κ1) is 16.8. The zero-order valence-corrected chi connectivity index (χ0v) is 14.3. The molecule has 0 fully saturated rings. The van der Waals surface area contributed by atoms with Gasteiger partial charge in [-0.1, -0.05) is 62.2 Å². The minimum absolute atomic E-state index is 1.03. The molecule has 0 spiro atoms. The number of aryl methyl sites for hydroxylation is 2. The van der Waals surface area contributed by atoms with Crippen LogP contribution in [-0.4, -0.2) is 13.6 Å². The summed E-state index contributed by atoms with van der Waals surface area (Å²) in [5.74, 6) is 0. The highest BCUT2D eigenvalue weighted by atomic mass is 14.8. The van der Waals surface area contributed by atoms with E-state index in [2.05, 4.69) is 61.6 Å². The van der Waals surface area contributed by atoms with Crippen molar-refractivity contribution in [2.45, 2.75) is 46.0 Å². The van der Waals surface area contributed by atoms with Crippen molar-refractivity contribution < 1.29 is 0 Å². The molecule has 0 aromatic heterocycles. The Morgan fingerprint density at radius 3 is 2.23 bits per heavy atom. The zero-order chi connectivity index (χ0) is 15.8. The first-order valence-corrected chi connectivity index (χ1v) is 8.58. The Morgan fingerprint density at radius 2 is 1.59 bits per heavy atom. The van der Waals surface area contributed by atoms with Gasteiger partial charge in [0.1, 0.15) is 0 Å². The molecule has 0 saturated heterocycles. The maximum Gasteiger partial charge on any atom is -0.00114 e. The predicted molar refractivity (Wildman–Crippen MR) is 97.5 cm³/mol. The number of benzene rings is 2. The highest BCUT2D eigenvalue weighted by Crippen LogP contribution is 2.25. The van der Waals surface area contributed by atoms with Crippen LogP contribution in [0, 0.1) is 6.92 Å². The lowest BCUT2D eigenvalue weighted by Gasteiger charge is -2.10. The highest BCUT2D eigenvalue weighted by molar-refractivity contribution is 5.67. The second-order valence-electron chi connectivity index (χ2n) is 6.16. The predicted octanol–water partition coefficient (Wildman–Crippen LogP) is 5.16. The first-order chi connectivity index (χ1) is 10.7. The van der Waals surface area contributed by atoms with Crippen LogP contribution in [0.2, 0.25) is 0 Å². The van der Waals surface area contributed by atoms with Crippen LogP contribution >= 0.6 is 0 Å². The van der Waals surface area contributed by atoms with E-state index < -0.39 is 0 Å². The largest absolute Gasteiger partial charge is 0.319 e. The molecule has 0 saturated carbocycles. The number of hydrogen-bond donors (Lipinski definition) is 1. The van der Waals surface area contributed by atoms with E-state index in [9.17, 15) is 0 Å². The molecule has 1 nitrogen and oxygen atoms in total. The lowest BCUT2D eigenvalue weighted by molar-refractivity contribution is 0.717. The SMILES string of the molecule is CCCCCc1ccc(-c2ccc(CCNC)cc2C)cc1. The summed E-state index contributed by atoms with van der Waals surface area (Å²) in [5, 5.41) is 3.21. The standard InChI is InChI=1S/C21H29N/c1-4-5-6-7-18-8-11-20(12-9-18)21-13-10-19(14-15-22-3)16-17(21)2/h8-13,16,22H,4-7,14-15H2,1-3H3. The van der Waals surface area contributed by atoms with Gasteiger partial charge >= 0.3 is 0 Å². The molecule has 0 aliphatic rings. The smallest absolute Gasteiger partial charge is 0.00114 e. The van der Waals surface area contributed by atoms with Crippen molar-refractivity contribution in [3.63, 3.8) is 0 Å². The Morgan fingerprint density at radius 1 is 0.864 bits per heavy atom. The maximum atomic E-state index is 3.21. The number of hydrogen-bond acceptors (Lipinski definition) is 1. The van der Waals surface area contributed by atoms with E-state index in [0.29, 0.717) is 0 Å². The van der Waals surface area contributed by atoms with Crippen molar-refractivity contribution in [3.05, 3.63) is 59.2 Å². The Kier molecular flexibility index (Phi) is 6.67. The fourth-order valence-electron chi connectivity index (χ4n) is 2.90. The van der Waals surface area contributed by atoms with Crippen molar-refractivity contribution in [2.24, 2.45) is 0 Å². The molecule has 2 rings (SSSR count). The molecule has 2 aromatic carbocycles. The van der Waals surface area contributed by atoms with Crippen molar-refractivity contribution >= 4 is 0 Å². The fraction of sp³-hybridized carbons (Fsp3) is 0.429. The monoisotopic (exact) mass is 295 g/mol. The van der Waals surface area contributed by atoms with E-state index in [0.717, 1.165) is 13.0 Å². The van der Waals surface area contributed by atoms with Crippen LogP contribution in [0.1, 0.15) is 42.9 Å². The van der Waals surface area contributed by atoms with Gasteiger partial charge in [-0.2, -0.15) is 0 Å². The van der Waals surface area contributed by atoms with E-state index >= 15 is 0 Å². The lowest BCUT2D eigenvalue weighted by Crippen LogP contribution is -2.10. The summed E-state index contributed by atoms with van der Waals surface area (Å²) < 4.78 is 0. The number of unbranched alkanes of at least 4 members (excludes halogenated alkanes) is 2. The van der Waals surface area contributed by atoms with Crippen LogP contribution in [0.3, 0.4) is 0 Å². The van der Waals surface area contributed by atoms with Gasteiger partial charge in [0.25, 0.3) is 0 Å².